The second kappa shape index (κ2) is 7.81. The Morgan fingerprint density at radius 1 is 1.40 bits per heavy atom. The zero-order valence-electron chi connectivity index (χ0n) is 12.6. The molecule has 6 heteroatoms. The number of nitrogens with zero attached hydrogens (tertiary/aromatic N) is 2. The summed E-state index contributed by atoms with van der Waals surface area (Å²) >= 11 is 0. The molecule has 0 aliphatic heterocycles. The molecule has 0 aromatic carbocycles. The van der Waals surface area contributed by atoms with Gasteiger partial charge in [0.05, 0.1) is 24.6 Å². The number of aromatic carboxylic acids is 1. The van der Waals surface area contributed by atoms with E-state index in [2.05, 4.69) is 10.3 Å². The summed E-state index contributed by atoms with van der Waals surface area (Å²) in [5.74, 6) is -0.967. The predicted octanol–water partition coefficient (Wildman–Crippen LogP) is 1.39. The minimum atomic E-state index is -0.967. The Labute approximate surface area is 119 Å². The Balaban J connectivity index is 2.53. The predicted molar refractivity (Wildman–Crippen MR) is 78.5 cm³/mol. The van der Waals surface area contributed by atoms with Gasteiger partial charge in [0.25, 0.3) is 0 Å². The lowest BCUT2D eigenvalue weighted by Gasteiger charge is -2.13. The lowest BCUT2D eigenvalue weighted by Crippen LogP contribution is -2.20. The van der Waals surface area contributed by atoms with Gasteiger partial charge in [0.2, 0.25) is 0 Å². The fourth-order valence-corrected chi connectivity index (χ4v) is 1.85. The van der Waals surface area contributed by atoms with Crippen LogP contribution in [-0.2, 0) is 4.74 Å². The quantitative estimate of drug-likeness (QED) is 0.701. The zero-order chi connectivity index (χ0) is 15.1. The molecular weight excluding hydrogens is 258 g/mol. The highest BCUT2D eigenvalue weighted by atomic mass is 16.5. The standard InChI is InChI=1S/C14H23N3O3/c1-10-9-12(13(14(18)19)11(2)16-10)15-5-7-20-8-6-17(3)4/h9H,5-8H2,1-4H3,(H,15,16)(H,18,19). The number of anilines is 1. The van der Waals surface area contributed by atoms with E-state index in [-0.39, 0.29) is 5.56 Å². The topological polar surface area (TPSA) is 74.7 Å². The van der Waals surface area contributed by atoms with Crippen LogP contribution in [0.25, 0.3) is 0 Å². The lowest BCUT2D eigenvalue weighted by atomic mass is 10.1. The number of nitrogens with one attached hydrogen (secondary N) is 1. The number of likely N-dealkylation sites (N-methyl/N-ethyl adjacent to an activating group) is 1. The monoisotopic (exact) mass is 281 g/mol. The van der Waals surface area contributed by atoms with Gasteiger partial charge in [0.1, 0.15) is 5.56 Å². The molecule has 1 aromatic rings. The Bertz CT molecular complexity index is 461. The number of hydrogen-bond acceptors (Lipinski definition) is 5. The fraction of sp³-hybridized carbons (Fsp3) is 0.571. The number of pyridine rings is 1. The molecule has 0 bridgehead atoms. The van der Waals surface area contributed by atoms with E-state index in [0.717, 1.165) is 12.2 Å². The molecule has 0 saturated heterocycles. The van der Waals surface area contributed by atoms with E-state index in [1.54, 1.807) is 13.0 Å². The van der Waals surface area contributed by atoms with Crippen molar-refractivity contribution in [2.24, 2.45) is 0 Å². The lowest BCUT2D eigenvalue weighted by molar-refractivity contribution is 0.0696. The molecule has 2 N–H and O–H groups in total. The smallest absolute Gasteiger partial charge is 0.339 e. The van der Waals surface area contributed by atoms with Gasteiger partial charge in [0.15, 0.2) is 0 Å². The Kier molecular flexibility index (Phi) is 6.41. The van der Waals surface area contributed by atoms with Gasteiger partial charge in [-0.25, -0.2) is 4.79 Å². The first-order chi connectivity index (χ1) is 9.41. The van der Waals surface area contributed by atoms with Crippen LogP contribution >= 0.6 is 0 Å². The van der Waals surface area contributed by atoms with Crippen LogP contribution in [0, 0.1) is 13.8 Å². The van der Waals surface area contributed by atoms with E-state index in [0.29, 0.717) is 31.1 Å². The van der Waals surface area contributed by atoms with Gasteiger partial charge >= 0.3 is 5.97 Å². The van der Waals surface area contributed by atoms with Gasteiger partial charge in [-0.15, -0.1) is 0 Å². The molecule has 0 aliphatic carbocycles. The summed E-state index contributed by atoms with van der Waals surface area (Å²) in [7, 11) is 3.98. The first-order valence-corrected chi connectivity index (χ1v) is 6.59. The molecular formula is C14H23N3O3. The second-order valence-electron chi connectivity index (χ2n) is 4.92. The number of ether oxygens (including phenoxy) is 1. The molecule has 112 valence electrons. The average Bonchev–Trinajstić information content (AvgIpc) is 2.31. The van der Waals surface area contributed by atoms with Crippen molar-refractivity contribution in [1.29, 1.82) is 0 Å². The number of hydrogen-bond donors (Lipinski definition) is 2. The summed E-state index contributed by atoms with van der Waals surface area (Å²) in [6.07, 6.45) is 0. The number of carboxylic acid groups (broad SMARTS) is 1. The molecule has 6 nitrogen and oxygen atoms in total. The third kappa shape index (κ3) is 5.14. The minimum absolute atomic E-state index is 0.226. The zero-order valence-corrected chi connectivity index (χ0v) is 12.6. The van der Waals surface area contributed by atoms with E-state index >= 15 is 0 Å². The third-order valence-electron chi connectivity index (χ3n) is 2.79. The van der Waals surface area contributed by atoms with Crippen molar-refractivity contribution in [2.45, 2.75) is 13.8 Å². The number of aryl methyl sites for hydroxylation is 2. The second-order valence-corrected chi connectivity index (χ2v) is 4.92. The van der Waals surface area contributed by atoms with Gasteiger partial charge in [-0.3, -0.25) is 4.98 Å². The van der Waals surface area contributed by atoms with Crippen molar-refractivity contribution < 1.29 is 14.6 Å². The van der Waals surface area contributed by atoms with Crippen LogP contribution in [0.1, 0.15) is 21.7 Å². The molecule has 1 heterocycles. The Morgan fingerprint density at radius 3 is 2.70 bits per heavy atom. The first kappa shape index (κ1) is 16.4. The normalized spacial score (nSPS) is 10.8. The summed E-state index contributed by atoms with van der Waals surface area (Å²) < 4.78 is 5.46. The molecule has 0 atom stereocenters. The maximum atomic E-state index is 11.2. The van der Waals surface area contributed by atoms with Crippen LogP contribution in [0.5, 0.6) is 0 Å². The van der Waals surface area contributed by atoms with Crippen molar-refractivity contribution >= 4 is 11.7 Å². The molecule has 0 aliphatic rings. The van der Waals surface area contributed by atoms with Crippen LogP contribution in [0.4, 0.5) is 5.69 Å². The molecule has 0 saturated carbocycles. The van der Waals surface area contributed by atoms with Crippen molar-refractivity contribution in [3.63, 3.8) is 0 Å². The van der Waals surface area contributed by atoms with E-state index in [1.807, 2.05) is 25.9 Å². The fourth-order valence-electron chi connectivity index (χ4n) is 1.85. The van der Waals surface area contributed by atoms with Crippen LogP contribution in [0.3, 0.4) is 0 Å². The number of aromatic nitrogens is 1. The van der Waals surface area contributed by atoms with Gasteiger partial charge in [-0.05, 0) is 34.0 Å². The minimum Gasteiger partial charge on any atom is -0.478 e. The molecule has 20 heavy (non-hydrogen) atoms. The van der Waals surface area contributed by atoms with Gasteiger partial charge in [0, 0.05) is 18.8 Å². The highest BCUT2D eigenvalue weighted by Crippen LogP contribution is 2.19. The maximum Gasteiger partial charge on any atom is 0.339 e. The van der Waals surface area contributed by atoms with Crippen molar-refractivity contribution in [3.8, 4) is 0 Å². The molecule has 1 rings (SSSR count). The molecule has 0 spiro atoms. The third-order valence-corrected chi connectivity index (χ3v) is 2.79. The van der Waals surface area contributed by atoms with E-state index < -0.39 is 5.97 Å². The van der Waals surface area contributed by atoms with Crippen LogP contribution in [0.2, 0.25) is 0 Å². The van der Waals surface area contributed by atoms with Crippen LogP contribution in [0.15, 0.2) is 6.07 Å². The Morgan fingerprint density at radius 2 is 2.10 bits per heavy atom. The SMILES string of the molecule is Cc1cc(NCCOCCN(C)C)c(C(=O)O)c(C)n1. The highest BCUT2D eigenvalue weighted by molar-refractivity contribution is 5.95. The van der Waals surface area contributed by atoms with Gasteiger partial charge in [-0.2, -0.15) is 0 Å². The number of carboxylic acids is 1. The highest BCUT2D eigenvalue weighted by Gasteiger charge is 2.14. The largest absolute Gasteiger partial charge is 0.478 e. The summed E-state index contributed by atoms with van der Waals surface area (Å²) in [6.45, 7) is 6.18. The van der Waals surface area contributed by atoms with E-state index in [9.17, 15) is 9.90 Å². The van der Waals surface area contributed by atoms with Crippen molar-refractivity contribution in [2.75, 3.05) is 45.7 Å². The van der Waals surface area contributed by atoms with Crippen LogP contribution in [-0.4, -0.2) is 61.4 Å². The van der Waals surface area contributed by atoms with E-state index in [1.165, 1.54) is 0 Å². The summed E-state index contributed by atoms with van der Waals surface area (Å²) in [5.41, 5.74) is 2.14. The summed E-state index contributed by atoms with van der Waals surface area (Å²) in [4.78, 5) is 17.5. The van der Waals surface area contributed by atoms with Gasteiger partial charge in [-0.1, -0.05) is 0 Å². The summed E-state index contributed by atoms with van der Waals surface area (Å²) in [6, 6.07) is 1.75. The van der Waals surface area contributed by atoms with E-state index in [4.69, 9.17) is 4.74 Å². The number of rotatable bonds is 8. The van der Waals surface area contributed by atoms with Crippen molar-refractivity contribution in [3.05, 3.63) is 23.0 Å². The molecule has 0 amide bonds. The van der Waals surface area contributed by atoms with Gasteiger partial charge < -0.3 is 20.1 Å². The summed E-state index contributed by atoms with van der Waals surface area (Å²) in [5, 5.41) is 12.3. The molecule has 1 aromatic heterocycles. The average molecular weight is 281 g/mol. The first-order valence-electron chi connectivity index (χ1n) is 6.59. The molecule has 0 radical (unpaired) electrons. The number of carbonyl (C=O) groups is 1. The molecule has 0 unspecified atom stereocenters. The van der Waals surface area contributed by atoms with Crippen LogP contribution < -0.4 is 5.32 Å². The molecule has 0 fully saturated rings. The van der Waals surface area contributed by atoms with Crippen molar-refractivity contribution in [1.82, 2.24) is 9.88 Å². The maximum absolute atomic E-state index is 11.2. The Hall–Kier alpha value is -1.66.